The summed E-state index contributed by atoms with van der Waals surface area (Å²) in [7, 11) is 0. The molecule has 3 amide bonds. The van der Waals surface area contributed by atoms with Crippen LogP contribution in [0, 0.1) is 0 Å². The number of amides is 3. The van der Waals surface area contributed by atoms with Gasteiger partial charge >= 0.3 is 6.18 Å². The molecule has 0 spiro atoms. The summed E-state index contributed by atoms with van der Waals surface area (Å²) in [6.07, 6.45) is -0.648. The van der Waals surface area contributed by atoms with Gasteiger partial charge in [0.25, 0.3) is 5.91 Å². The van der Waals surface area contributed by atoms with Crippen LogP contribution in [-0.4, -0.2) is 42.1 Å². The van der Waals surface area contributed by atoms with Gasteiger partial charge in [-0.05, 0) is 43.2 Å². The van der Waals surface area contributed by atoms with E-state index in [1.165, 1.54) is 6.92 Å². The molecule has 37 heavy (non-hydrogen) atoms. The summed E-state index contributed by atoms with van der Waals surface area (Å²) in [6, 6.07) is 9.68. The number of benzene rings is 2. The van der Waals surface area contributed by atoms with Crippen molar-refractivity contribution >= 4 is 24.0 Å². The molecule has 2 aromatic rings. The number of aldehydes is 1. The van der Waals surface area contributed by atoms with Crippen molar-refractivity contribution in [1.82, 2.24) is 16.0 Å². The lowest BCUT2D eigenvalue weighted by atomic mass is 10.0. The number of nitrogens with one attached hydrogen (secondary N) is 3. The lowest BCUT2D eigenvalue weighted by Gasteiger charge is -2.22. The van der Waals surface area contributed by atoms with Crippen LogP contribution in [0.25, 0.3) is 0 Å². The third kappa shape index (κ3) is 9.70. The maximum absolute atomic E-state index is 13.1. The lowest BCUT2D eigenvalue weighted by Crippen LogP contribution is -2.54. The highest BCUT2D eigenvalue weighted by molar-refractivity contribution is 5.98. The van der Waals surface area contributed by atoms with Crippen molar-refractivity contribution in [3.63, 3.8) is 0 Å². The van der Waals surface area contributed by atoms with Crippen LogP contribution in [0.15, 0.2) is 54.6 Å². The van der Waals surface area contributed by atoms with E-state index in [1.807, 2.05) is 6.92 Å². The Morgan fingerprint density at radius 1 is 0.892 bits per heavy atom. The smallest absolute Gasteiger partial charge is 0.345 e. The van der Waals surface area contributed by atoms with Gasteiger partial charge in [0.2, 0.25) is 11.8 Å². The number of carbonyl (C=O) groups is 4. The third-order valence-electron chi connectivity index (χ3n) is 5.74. The first kappa shape index (κ1) is 29.5. The zero-order chi connectivity index (χ0) is 27.4. The third-order valence-corrected chi connectivity index (χ3v) is 5.74. The summed E-state index contributed by atoms with van der Waals surface area (Å²) in [4.78, 5) is 49.7. The van der Waals surface area contributed by atoms with Crippen LogP contribution in [0.5, 0.6) is 0 Å². The summed E-state index contributed by atoms with van der Waals surface area (Å²) >= 11 is 0. The molecule has 10 heteroatoms. The highest BCUT2D eigenvalue weighted by Gasteiger charge is 2.31. The number of halogens is 3. The van der Waals surface area contributed by atoms with E-state index in [1.54, 1.807) is 30.3 Å². The maximum atomic E-state index is 13.1. The van der Waals surface area contributed by atoms with Gasteiger partial charge in [-0.25, -0.2) is 0 Å². The molecule has 3 N–H and O–H groups in total. The zero-order valence-electron chi connectivity index (χ0n) is 20.8. The molecule has 0 aliphatic heterocycles. The quantitative estimate of drug-likeness (QED) is 0.277. The molecule has 0 radical (unpaired) electrons. The van der Waals surface area contributed by atoms with Crippen LogP contribution in [0.2, 0.25) is 0 Å². The van der Waals surface area contributed by atoms with E-state index < -0.39 is 47.6 Å². The zero-order valence-corrected chi connectivity index (χ0v) is 20.8. The Labute approximate surface area is 214 Å². The molecule has 0 saturated heterocycles. The molecule has 0 aromatic heterocycles. The number of alkyl halides is 3. The van der Waals surface area contributed by atoms with Crippen LogP contribution in [-0.2, 0) is 27.0 Å². The number of hydrogen-bond donors (Lipinski definition) is 3. The second-order valence-corrected chi connectivity index (χ2v) is 8.77. The van der Waals surface area contributed by atoms with Crippen molar-refractivity contribution in [2.75, 3.05) is 0 Å². The van der Waals surface area contributed by atoms with Crippen LogP contribution < -0.4 is 16.0 Å². The minimum absolute atomic E-state index is 0.0504. The normalized spacial score (nSPS) is 13.6. The first-order valence-electron chi connectivity index (χ1n) is 12.1. The van der Waals surface area contributed by atoms with E-state index in [4.69, 9.17) is 0 Å². The van der Waals surface area contributed by atoms with E-state index in [2.05, 4.69) is 16.0 Å². The second-order valence-electron chi connectivity index (χ2n) is 8.77. The number of hydrogen-bond acceptors (Lipinski definition) is 4. The Hall–Kier alpha value is -3.69. The first-order valence-corrected chi connectivity index (χ1v) is 12.1. The highest BCUT2D eigenvalue weighted by Crippen LogP contribution is 2.29. The fraction of sp³-hybridized carbons (Fsp3) is 0.407. The van der Waals surface area contributed by atoms with Gasteiger partial charge < -0.3 is 20.7 Å². The molecule has 2 rings (SSSR count). The Morgan fingerprint density at radius 2 is 1.54 bits per heavy atom. The van der Waals surface area contributed by atoms with Crippen LogP contribution in [0.1, 0.15) is 61.0 Å². The molecule has 0 saturated carbocycles. The Kier molecular flexibility index (Phi) is 11.3. The van der Waals surface area contributed by atoms with E-state index in [9.17, 15) is 32.3 Å². The van der Waals surface area contributed by atoms with Gasteiger partial charge in [0.1, 0.15) is 18.4 Å². The number of carbonyl (C=O) groups excluding carboxylic acids is 4. The summed E-state index contributed by atoms with van der Waals surface area (Å²) in [5, 5.41) is 7.70. The molecule has 0 aliphatic carbocycles. The van der Waals surface area contributed by atoms with E-state index >= 15 is 0 Å². The van der Waals surface area contributed by atoms with E-state index in [-0.39, 0.29) is 12.0 Å². The van der Waals surface area contributed by atoms with Crippen molar-refractivity contribution in [3.05, 3.63) is 71.3 Å². The molecular formula is C27H32F3N3O4. The molecule has 0 fully saturated rings. The van der Waals surface area contributed by atoms with Crippen molar-refractivity contribution in [2.24, 2.45) is 0 Å². The lowest BCUT2D eigenvalue weighted by molar-refractivity contribution is -0.137. The average Bonchev–Trinajstić information content (AvgIpc) is 2.87. The molecule has 0 aliphatic rings. The monoisotopic (exact) mass is 519 g/mol. The van der Waals surface area contributed by atoms with Crippen molar-refractivity contribution < 1.29 is 32.3 Å². The SMILES string of the molecule is CCCCCC(C=O)NC(=O)C(C)NC(=O)C(Cc1ccccc1)NC(=O)c1ccc(C(F)(F)F)cc1. The topological polar surface area (TPSA) is 104 Å². The molecule has 0 bridgehead atoms. The summed E-state index contributed by atoms with van der Waals surface area (Å²) < 4.78 is 38.5. The summed E-state index contributed by atoms with van der Waals surface area (Å²) in [5.41, 5.74) is -0.222. The van der Waals surface area contributed by atoms with Crippen molar-refractivity contribution in [2.45, 2.75) is 70.3 Å². The summed E-state index contributed by atoms with van der Waals surface area (Å²) in [5.74, 6) is -1.94. The van der Waals surface area contributed by atoms with Gasteiger partial charge in [0.15, 0.2) is 0 Å². The van der Waals surface area contributed by atoms with Gasteiger partial charge in [-0.1, -0.05) is 56.5 Å². The molecule has 3 unspecified atom stereocenters. The Morgan fingerprint density at radius 3 is 2.11 bits per heavy atom. The predicted octanol–water partition coefficient (Wildman–Crippen LogP) is 3.82. The minimum atomic E-state index is -4.54. The summed E-state index contributed by atoms with van der Waals surface area (Å²) in [6.45, 7) is 3.48. The molecular weight excluding hydrogens is 487 g/mol. The predicted molar refractivity (Wildman–Crippen MR) is 133 cm³/mol. The minimum Gasteiger partial charge on any atom is -0.345 e. The number of rotatable bonds is 13. The second kappa shape index (κ2) is 14.2. The Bertz CT molecular complexity index is 1040. The highest BCUT2D eigenvalue weighted by atomic mass is 19.4. The molecule has 2 aromatic carbocycles. The van der Waals surface area contributed by atoms with E-state index in [0.29, 0.717) is 12.7 Å². The van der Waals surface area contributed by atoms with Crippen LogP contribution in [0.3, 0.4) is 0 Å². The fourth-order valence-electron chi connectivity index (χ4n) is 3.59. The van der Waals surface area contributed by atoms with Crippen LogP contribution >= 0.6 is 0 Å². The van der Waals surface area contributed by atoms with E-state index in [0.717, 1.165) is 49.1 Å². The molecule has 7 nitrogen and oxygen atoms in total. The molecule has 3 atom stereocenters. The number of unbranched alkanes of at least 4 members (excludes halogenated alkanes) is 2. The average molecular weight is 520 g/mol. The van der Waals surface area contributed by atoms with Gasteiger partial charge in [0.05, 0.1) is 11.6 Å². The largest absolute Gasteiger partial charge is 0.416 e. The molecule has 200 valence electrons. The first-order chi connectivity index (χ1) is 17.5. The van der Waals surface area contributed by atoms with Gasteiger partial charge in [0, 0.05) is 12.0 Å². The Balaban J connectivity index is 2.10. The van der Waals surface area contributed by atoms with Gasteiger partial charge in [-0.3, -0.25) is 14.4 Å². The van der Waals surface area contributed by atoms with Crippen molar-refractivity contribution in [1.29, 1.82) is 0 Å². The van der Waals surface area contributed by atoms with Crippen LogP contribution in [0.4, 0.5) is 13.2 Å². The van der Waals surface area contributed by atoms with Crippen molar-refractivity contribution in [3.8, 4) is 0 Å². The standard InChI is InChI=1S/C27H32F3N3O4/c1-3-4-6-11-22(17-34)32-24(35)18(2)31-26(37)23(16-19-9-7-5-8-10-19)33-25(36)20-12-14-21(15-13-20)27(28,29)30/h5,7-10,12-15,17-18,22-23H,3-4,6,11,16H2,1-2H3,(H,31,37)(H,32,35)(H,33,36). The van der Waals surface area contributed by atoms with Gasteiger partial charge in [-0.2, -0.15) is 13.2 Å². The fourth-order valence-corrected chi connectivity index (χ4v) is 3.59. The molecule has 0 heterocycles. The van der Waals surface area contributed by atoms with Gasteiger partial charge in [-0.15, -0.1) is 0 Å². The maximum Gasteiger partial charge on any atom is 0.416 e.